The zero-order chi connectivity index (χ0) is 19.4. The molecule has 2 amide bonds. The monoisotopic (exact) mass is 359 g/mol. The van der Waals surface area contributed by atoms with E-state index in [4.69, 9.17) is 20.9 Å². The molecule has 0 aromatic carbocycles. The van der Waals surface area contributed by atoms with Gasteiger partial charge in [0.25, 0.3) is 0 Å². The van der Waals surface area contributed by atoms with Crippen molar-refractivity contribution in [2.75, 3.05) is 13.6 Å². The lowest BCUT2D eigenvalue weighted by molar-refractivity contribution is -0.141. The van der Waals surface area contributed by atoms with Gasteiger partial charge in [0.05, 0.1) is 0 Å². The molecular formula is C13H21N5O7. The summed E-state index contributed by atoms with van der Waals surface area (Å²) >= 11 is 0. The lowest BCUT2D eigenvalue weighted by atomic mass is 10.1. The number of unbranched alkanes of at least 4 members (excludes halogenated alkanes) is 1. The van der Waals surface area contributed by atoms with Gasteiger partial charge >= 0.3 is 23.9 Å². The third-order valence-corrected chi connectivity index (χ3v) is 3.29. The molecule has 2 atom stereocenters. The fraction of sp³-hybridized carbons (Fsp3) is 0.692. The maximum Gasteiger partial charge on any atom is 0.326 e. The molecule has 0 bridgehead atoms. The van der Waals surface area contributed by atoms with E-state index in [1.54, 1.807) is 0 Å². The van der Waals surface area contributed by atoms with E-state index in [2.05, 4.69) is 15.3 Å². The normalized spacial score (nSPS) is 12.4. The van der Waals surface area contributed by atoms with Gasteiger partial charge in [-0.25, -0.2) is 9.59 Å². The summed E-state index contributed by atoms with van der Waals surface area (Å²) < 4.78 is 0. The van der Waals surface area contributed by atoms with E-state index in [1.165, 1.54) is 11.9 Å². The van der Waals surface area contributed by atoms with Crippen molar-refractivity contribution in [2.24, 2.45) is 5.11 Å². The Labute approximate surface area is 143 Å². The summed E-state index contributed by atoms with van der Waals surface area (Å²) in [6.45, 7) is 0.222. The molecule has 0 rings (SSSR count). The van der Waals surface area contributed by atoms with Crippen molar-refractivity contribution in [1.29, 1.82) is 0 Å². The molecule has 25 heavy (non-hydrogen) atoms. The van der Waals surface area contributed by atoms with Crippen molar-refractivity contribution < 1.29 is 34.5 Å². The van der Waals surface area contributed by atoms with Crippen molar-refractivity contribution in [3.63, 3.8) is 0 Å². The lowest BCUT2D eigenvalue weighted by Crippen LogP contribution is -2.47. The van der Waals surface area contributed by atoms with Crippen LogP contribution in [0.4, 0.5) is 4.79 Å². The predicted octanol–water partition coefficient (Wildman–Crippen LogP) is 0.880. The van der Waals surface area contributed by atoms with E-state index in [0.29, 0.717) is 12.8 Å². The number of carboxylic acid groups (broad SMARTS) is 3. The third kappa shape index (κ3) is 9.66. The Balaban J connectivity index is 4.31. The number of hydrogen-bond donors (Lipinski definition) is 4. The Bertz CT molecular complexity index is 545. The molecule has 0 radical (unpaired) electrons. The standard InChI is InChI=1S/C13H21N5O7/c1-18(7-3-2-4-9(12(23)24)16-17-14)13(25)15-8(11(21)22)5-6-10(19)20/h8-9H,2-7H2,1H3,(H,15,25)(H,19,20)(H,21,22)(H,23,24)/t8-,9-/m0/s1. The number of amides is 2. The van der Waals surface area contributed by atoms with Crippen LogP contribution in [0.25, 0.3) is 10.4 Å². The molecule has 0 aliphatic heterocycles. The van der Waals surface area contributed by atoms with Gasteiger partial charge in [-0.3, -0.25) is 9.59 Å². The first-order valence-corrected chi connectivity index (χ1v) is 7.42. The first-order valence-electron chi connectivity index (χ1n) is 7.42. The fourth-order valence-electron chi connectivity index (χ4n) is 1.87. The van der Waals surface area contributed by atoms with Crippen molar-refractivity contribution in [3.8, 4) is 0 Å². The fourth-order valence-corrected chi connectivity index (χ4v) is 1.87. The molecule has 0 saturated heterocycles. The maximum absolute atomic E-state index is 11.9. The number of urea groups is 1. The average molecular weight is 359 g/mol. The summed E-state index contributed by atoms with van der Waals surface area (Å²) in [5.74, 6) is -3.73. The quantitative estimate of drug-likeness (QED) is 0.172. The van der Waals surface area contributed by atoms with Gasteiger partial charge in [0.2, 0.25) is 0 Å². The van der Waals surface area contributed by atoms with E-state index in [9.17, 15) is 19.2 Å². The number of hydrogen-bond acceptors (Lipinski definition) is 5. The minimum absolute atomic E-state index is 0.116. The minimum Gasteiger partial charge on any atom is -0.481 e. The molecule has 0 aliphatic carbocycles. The Morgan fingerprint density at radius 1 is 1.12 bits per heavy atom. The Kier molecular flexibility index (Phi) is 10.1. The first-order chi connectivity index (χ1) is 11.7. The van der Waals surface area contributed by atoms with Crippen molar-refractivity contribution in [3.05, 3.63) is 10.4 Å². The zero-order valence-electron chi connectivity index (χ0n) is 13.7. The van der Waals surface area contributed by atoms with Crippen LogP contribution >= 0.6 is 0 Å². The highest BCUT2D eigenvalue weighted by molar-refractivity contribution is 5.83. The highest BCUT2D eigenvalue weighted by Crippen LogP contribution is 2.07. The Morgan fingerprint density at radius 2 is 1.76 bits per heavy atom. The van der Waals surface area contributed by atoms with Gasteiger partial charge in [0.15, 0.2) is 0 Å². The van der Waals surface area contributed by atoms with Crippen molar-refractivity contribution in [2.45, 2.75) is 44.2 Å². The highest BCUT2D eigenvalue weighted by Gasteiger charge is 2.22. The number of azide groups is 1. The van der Waals surface area contributed by atoms with Crippen LogP contribution in [0, 0.1) is 0 Å². The minimum atomic E-state index is -1.33. The smallest absolute Gasteiger partial charge is 0.326 e. The van der Waals surface area contributed by atoms with Crippen LogP contribution in [0.2, 0.25) is 0 Å². The molecule has 0 unspecified atom stereocenters. The molecule has 140 valence electrons. The third-order valence-electron chi connectivity index (χ3n) is 3.29. The second-order valence-electron chi connectivity index (χ2n) is 5.25. The molecule has 0 heterocycles. The van der Waals surface area contributed by atoms with Gasteiger partial charge in [-0.05, 0) is 24.8 Å². The van der Waals surface area contributed by atoms with E-state index >= 15 is 0 Å². The van der Waals surface area contributed by atoms with Crippen LogP contribution in [0.5, 0.6) is 0 Å². The predicted molar refractivity (Wildman–Crippen MR) is 83.9 cm³/mol. The van der Waals surface area contributed by atoms with E-state index in [1.807, 2.05) is 0 Å². The maximum atomic E-state index is 11.9. The molecule has 0 spiro atoms. The van der Waals surface area contributed by atoms with Gasteiger partial charge in [-0.1, -0.05) is 11.5 Å². The summed E-state index contributed by atoms with van der Waals surface area (Å²) in [7, 11) is 1.42. The molecule has 0 saturated carbocycles. The second kappa shape index (κ2) is 11.5. The number of aliphatic carboxylic acids is 3. The SMILES string of the molecule is CN(CCCC[C@H](N=[N+]=[N-])C(=O)O)C(=O)N[C@@H](CCC(=O)O)C(=O)O. The van der Waals surface area contributed by atoms with E-state index in [-0.39, 0.29) is 19.4 Å². The molecule has 12 heteroatoms. The molecule has 0 aromatic heterocycles. The van der Waals surface area contributed by atoms with Crippen LogP contribution in [0.15, 0.2) is 5.11 Å². The van der Waals surface area contributed by atoms with Gasteiger partial charge in [0.1, 0.15) is 12.1 Å². The van der Waals surface area contributed by atoms with Crippen LogP contribution in [-0.2, 0) is 14.4 Å². The summed E-state index contributed by atoms with van der Waals surface area (Å²) in [4.78, 5) is 47.8. The van der Waals surface area contributed by atoms with Gasteiger partial charge in [-0.2, -0.15) is 0 Å². The van der Waals surface area contributed by atoms with Crippen LogP contribution in [-0.4, -0.2) is 69.8 Å². The lowest BCUT2D eigenvalue weighted by Gasteiger charge is -2.21. The molecule has 0 aliphatic rings. The number of nitrogens with zero attached hydrogens (tertiary/aromatic N) is 4. The van der Waals surface area contributed by atoms with Gasteiger partial charge in [-0.15, -0.1) is 0 Å². The average Bonchev–Trinajstić information content (AvgIpc) is 2.52. The summed E-state index contributed by atoms with van der Waals surface area (Å²) in [5, 5.41) is 31.7. The van der Waals surface area contributed by atoms with E-state index in [0.717, 1.165) is 0 Å². The molecule has 4 N–H and O–H groups in total. The molecule has 0 aromatic rings. The largest absolute Gasteiger partial charge is 0.481 e. The van der Waals surface area contributed by atoms with Crippen molar-refractivity contribution in [1.82, 2.24) is 10.2 Å². The van der Waals surface area contributed by atoms with Crippen LogP contribution in [0.1, 0.15) is 32.1 Å². The van der Waals surface area contributed by atoms with Crippen molar-refractivity contribution >= 4 is 23.9 Å². The van der Waals surface area contributed by atoms with Gasteiger partial charge in [0, 0.05) is 24.9 Å². The summed E-state index contributed by atoms with van der Waals surface area (Å²) in [5.41, 5.74) is 8.26. The first kappa shape index (κ1) is 22.0. The topological polar surface area (TPSA) is 193 Å². The summed E-state index contributed by atoms with van der Waals surface area (Å²) in [6.07, 6.45) is 0.287. The number of rotatable bonds is 12. The number of carbonyl (C=O) groups is 4. The molecule has 0 fully saturated rings. The Morgan fingerprint density at radius 3 is 2.24 bits per heavy atom. The molecule has 12 nitrogen and oxygen atoms in total. The van der Waals surface area contributed by atoms with E-state index < -0.39 is 42.4 Å². The van der Waals surface area contributed by atoms with Crippen LogP contribution in [0.3, 0.4) is 0 Å². The second-order valence-corrected chi connectivity index (χ2v) is 5.25. The van der Waals surface area contributed by atoms with Crippen LogP contribution < -0.4 is 5.32 Å². The zero-order valence-corrected chi connectivity index (χ0v) is 13.7. The Hall–Kier alpha value is -3.01. The summed E-state index contributed by atoms with van der Waals surface area (Å²) in [6, 6.07) is -3.16. The number of nitrogens with one attached hydrogen (secondary N) is 1. The number of carboxylic acids is 3. The van der Waals surface area contributed by atoms with Gasteiger partial charge < -0.3 is 25.5 Å². The molecular weight excluding hydrogens is 338 g/mol. The number of carbonyl (C=O) groups excluding carboxylic acids is 1. The highest BCUT2D eigenvalue weighted by atomic mass is 16.4.